The van der Waals surface area contributed by atoms with Crippen molar-refractivity contribution in [2.45, 2.75) is 38.1 Å². The first-order chi connectivity index (χ1) is 10.0. The molecular weight excluding hydrogens is 274 g/mol. The lowest BCUT2D eigenvalue weighted by molar-refractivity contribution is -0.142. The number of carbonyl (C=O) groups is 3. The zero-order valence-electron chi connectivity index (χ0n) is 11.9. The van der Waals surface area contributed by atoms with Crippen molar-refractivity contribution in [3.05, 3.63) is 0 Å². The van der Waals surface area contributed by atoms with Crippen LogP contribution < -0.4 is 10.6 Å². The molecule has 3 rings (SSSR count). The van der Waals surface area contributed by atoms with Crippen LogP contribution in [0.15, 0.2) is 0 Å². The summed E-state index contributed by atoms with van der Waals surface area (Å²) >= 11 is 0. The van der Waals surface area contributed by atoms with Gasteiger partial charge in [0.05, 0.1) is 6.42 Å². The van der Waals surface area contributed by atoms with Crippen LogP contribution in [-0.4, -0.2) is 53.6 Å². The molecule has 1 atom stereocenters. The predicted molar refractivity (Wildman–Crippen MR) is 73.5 cm³/mol. The van der Waals surface area contributed by atoms with Gasteiger partial charge in [0.15, 0.2) is 0 Å². The fourth-order valence-corrected chi connectivity index (χ4v) is 3.26. The highest BCUT2D eigenvalue weighted by Crippen LogP contribution is 2.60. The highest BCUT2D eigenvalue weighted by Gasteiger charge is 2.53. The molecule has 2 aliphatic carbocycles. The molecule has 21 heavy (non-hydrogen) atoms. The summed E-state index contributed by atoms with van der Waals surface area (Å²) in [4.78, 5) is 36.3. The van der Waals surface area contributed by atoms with E-state index in [9.17, 15) is 14.4 Å². The van der Waals surface area contributed by atoms with E-state index in [-0.39, 0.29) is 23.8 Å². The Morgan fingerprint density at radius 2 is 2.10 bits per heavy atom. The number of nitrogens with one attached hydrogen (secondary N) is 2. The summed E-state index contributed by atoms with van der Waals surface area (Å²) in [7, 11) is 0. The molecule has 3 N–H and O–H groups in total. The highest BCUT2D eigenvalue weighted by molar-refractivity contribution is 5.91. The Labute approximate surface area is 123 Å². The van der Waals surface area contributed by atoms with Crippen LogP contribution in [0.4, 0.5) is 4.79 Å². The van der Waals surface area contributed by atoms with Crippen LogP contribution in [-0.2, 0) is 9.59 Å². The van der Waals surface area contributed by atoms with E-state index < -0.39 is 12.0 Å². The van der Waals surface area contributed by atoms with Gasteiger partial charge in [0.1, 0.15) is 6.04 Å². The van der Waals surface area contributed by atoms with Crippen LogP contribution in [0.25, 0.3) is 0 Å². The molecule has 0 aromatic rings. The molecule has 1 heterocycles. The molecule has 3 amide bonds. The summed E-state index contributed by atoms with van der Waals surface area (Å²) in [6.07, 6.45) is 4.48. The predicted octanol–water partition coefficient (Wildman–Crippen LogP) is 0.161. The van der Waals surface area contributed by atoms with Gasteiger partial charge >= 0.3 is 12.0 Å². The third-order valence-corrected chi connectivity index (χ3v) is 4.89. The van der Waals surface area contributed by atoms with Gasteiger partial charge in [-0.05, 0) is 37.0 Å². The van der Waals surface area contributed by atoms with Crippen molar-refractivity contribution < 1.29 is 19.5 Å². The van der Waals surface area contributed by atoms with Crippen LogP contribution in [0, 0.1) is 11.3 Å². The van der Waals surface area contributed by atoms with Crippen molar-refractivity contribution in [1.29, 1.82) is 0 Å². The second-order valence-corrected chi connectivity index (χ2v) is 6.39. The Balaban J connectivity index is 1.58. The number of nitrogens with zero attached hydrogens (tertiary/aromatic N) is 1. The van der Waals surface area contributed by atoms with Crippen LogP contribution in [0.3, 0.4) is 0 Å². The van der Waals surface area contributed by atoms with Crippen molar-refractivity contribution in [3.8, 4) is 0 Å². The normalized spacial score (nSPS) is 27.0. The summed E-state index contributed by atoms with van der Waals surface area (Å²) in [5, 5.41) is 14.4. The summed E-state index contributed by atoms with van der Waals surface area (Å²) in [5.74, 6) is -0.717. The molecule has 1 unspecified atom stereocenters. The minimum atomic E-state index is -1.08. The maximum atomic E-state index is 12.3. The Bertz CT molecular complexity index is 471. The van der Waals surface area contributed by atoms with E-state index in [0.717, 1.165) is 18.8 Å². The van der Waals surface area contributed by atoms with E-state index in [2.05, 4.69) is 10.6 Å². The van der Waals surface area contributed by atoms with Gasteiger partial charge in [-0.15, -0.1) is 0 Å². The lowest BCUT2D eigenvalue weighted by Crippen LogP contribution is -2.60. The SMILES string of the molecule is O=C(O)CC1C(=O)NCCN1C(=O)NCC1(C2CC2)CC1. The van der Waals surface area contributed by atoms with Gasteiger partial charge in [-0.3, -0.25) is 9.59 Å². The van der Waals surface area contributed by atoms with Crippen LogP contribution >= 0.6 is 0 Å². The molecule has 0 aromatic heterocycles. The molecule has 1 saturated heterocycles. The molecule has 0 radical (unpaired) electrons. The standard InChI is InChI=1S/C14H21N3O4/c18-11(19)7-10-12(20)15-5-6-17(10)13(21)16-8-14(3-4-14)9-1-2-9/h9-10H,1-8H2,(H,15,20)(H,16,21)(H,18,19). The fraction of sp³-hybridized carbons (Fsp3) is 0.786. The van der Waals surface area contributed by atoms with Crippen molar-refractivity contribution in [3.63, 3.8) is 0 Å². The Hall–Kier alpha value is -1.79. The fourth-order valence-electron chi connectivity index (χ4n) is 3.26. The van der Waals surface area contributed by atoms with Crippen LogP contribution in [0.5, 0.6) is 0 Å². The van der Waals surface area contributed by atoms with E-state index in [4.69, 9.17) is 5.11 Å². The number of carbonyl (C=O) groups excluding carboxylic acids is 2. The van der Waals surface area contributed by atoms with Gasteiger partial charge in [0, 0.05) is 19.6 Å². The zero-order valence-corrected chi connectivity index (χ0v) is 11.9. The highest BCUT2D eigenvalue weighted by atomic mass is 16.4. The summed E-state index contributed by atoms with van der Waals surface area (Å²) in [6.45, 7) is 1.37. The topological polar surface area (TPSA) is 98.7 Å². The molecule has 3 aliphatic rings. The first kappa shape index (κ1) is 14.2. The maximum Gasteiger partial charge on any atom is 0.318 e. The Kier molecular flexibility index (Phi) is 3.51. The first-order valence-corrected chi connectivity index (χ1v) is 7.56. The quantitative estimate of drug-likeness (QED) is 0.673. The molecule has 0 aromatic carbocycles. The number of piperazine rings is 1. The number of hydrogen-bond acceptors (Lipinski definition) is 3. The number of carboxylic acids is 1. The van der Waals surface area contributed by atoms with Gasteiger partial charge in [0.25, 0.3) is 0 Å². The van der Waals surface area contributed by atoms with Gasteiger partial charge < -0.3 is 20.6 Å². The number of carboxylic acid groups (broad SMARTS) is 1. The van der Waals surface area contributed by atoms with Crippen molar-refractivity contribution >= 4 is 17.9 Å². The average molecular weight is 295 g/mol. The summed E-state index contributed by atoms with van der Waals surface area (Å²) in [5.41, 5.74) is 0.288. The van der Waals surface area contributed by atoms with Crippen molar-refractivity contribution in [2.24, 2.45) is 11.3 Å². The molecule has 3 fully saturated rings. The van der Waals surface area contributed by atoms with E-state index in [1.54, 1.807) is 0 Å². The third kappa shape index (κ3) is 2.96. The van der Waals surface area contributed by atoms with Crippen molar-refractivity contribution in [2.75, 3.05) is 19.6 Å². The molecule has 2 saturated carbocycles. The van der Waals surface area contributed by atoms with Crippen LogP contribution in [0.2, 0.25) is 0 Å². The number of amides is 3. The number of urea groups is 1. The van der Waals surface area contributed by atoms with Crippen LogP contribution in [0.1, 0.15) is 32.1 Å². The minimum Gasteiger partial charge on any atom is -0.481 e. The number of hydrogen-bond donors (Lipinski definition) is 3. The zero-order chi connectivity index (χ0) is 15.0. The van der Waals surface area contributed by atoms with Gasteiger partial charge in [-0.25, -0.2) is 4.79 Å². The third-order valence-electron chi connectivity index (χ3n) is 4.89. The smallest absolute Gasteiger partial charge is 0.318 e. The molecule has 0 bridgehead atoms. The van der Waals surface area contributed by atoms with Gasteiger partial charge in [0.2, 0.25) is 5.91 Å². The molecular formula is C14H21N3O4. The second kappa shape index (κ2) is 5.20. The van der Waals surface area contributed by atoms with E-state index >= 15 is 0 Å². The maximum absolute atomic E-state index is 12.3. The number of rotatable bonds is 5. The van der Waals surface area contributed by atoms with Crippen molar-refractivity contribution in [1.82, 2.24) is 15.5 Å². The molecule has 7 heteroatoms. The minimum absolute atomic E-state index is 0.288. The Morgan fingerprint density at radius 3 is 2.67 bits per heavy atom. The molecule has 7 nitrogen and oxygen atoms in total. The molecule has 0 spiro atoms. The second-order valence-electron chi connectivity index (χ2n) is 6.39. The number of aliphatic carboxylic acids is 1. The van der Waals surface area contributed by atoms with Gasteiger partial charge in [-0.1, -0.05) is 0 Å². The summed E-state index contributed by atoms with van der Waals surface area (Å²) in [6, 6.07) is -1.23. The monoisotopic (exact) mass is 295 g/mol. The summed E-state index contributed by atoms with van der Waals surface area (Å²) < 4.78 is 0. The van der Waals surface area contributed by atoms with E-state index in [1.807, 2.05) is 0 Å². The average Bonchev–Trinajstić information content (AvgIpc) is 3.30. The Morgan fingerprint density at radius 1 is 1.38 bits per heavy atom. The first-order valence-electron chi connectivity index (χ1n) is 7.56. The lowest BCUT2D eigenvalue weighted by atomic mass is 10.0. The van der Waals surface area contributed by atoms with Gasteiger partial charge in [-0.2, -0.15) is 0 Å². The lowest BCUT2D eigenvalue weighted by Gasteiger charge is -2.34. The van der Waals surface area contributed by atoms with E-state index in [0.29, 0.717) is 19.6 Å². The largest absolute Gasteiger partial charge is 0.481 e. The molecule has 1 aliphatic heterocycles. The van der Waals surface area contributed by atoms with E-state index in [1.165, 1.54) is 17.7 Å². The molecule has 116 valence electrons.